The number of aromatic nitrogens is 2. The van der Waals surface area contributed by atoms with Crippen molar-refractivity contribution in [1.29, 1.82) is 0 Å². The summed E-state index contributed by atoms with van der Waals surface area (Å²) in [6.45, 7) is 2.72. The van der Waals surface area contributed by atoms with Crippen LogP contribution in [0, 0.1) is 6.92 Å². The molecule has 2 heterocycles. The number of hydrogen-bond donors (Lipinski definition) is 1. The van der Waals surface area contributed by atoms with Crippen LogP contribution in [0.3, 0.4) is 0 Å². The molecule has 0 radical (unpaired) electrons. The van der Waals surface area contributed by atoms with E-state index in [2.05, 4.69) is 14.9 Å². The summed E-state index contributed by atoms with van der Waals surface area (Å²) in [7, 11) is 2.01. The van der Waals surface area contributed by atoms with Gasteiger partial charge in [0.15, 0.2) is 0 Å². The lowest BCUT2D eigenvalue weighted by molar-refractivity contribution is 0.890. The monoisotopic (exact) mass is 228 g/mol. The first-order chi connectivity index (χ1) is 8.16. The maximum absolute atomic E-state index is 5.75. The van der Waals surface area contributed by atoms with Crippen molar-refractivity contribution in [1.82, 2.24) is 9.97 Å². The maximum Gasteiger partial charge on any atom is 0.128 e. The molecule has 0 spiro atoms. The summed E-state index contributed by atoms with van der Waals surface area (Å²) in [5.41, 5.74) is 8.55. The van der Waals surface area contributed by atoms with Gasteiger partial charge in [-0.2, -0.15) is 0 Å². The summed E-state index contributed by atoms with van der Waals surface area (Å²) < 4.78 is 0. The number of anilines is 2. The zero-order valence-electron chi connectivity index (χ0n) is 10.1. The van der Waals surface area contributed by atoms with Gasteiger partial charge in [-0.3, -0.25) is 4.98 Å². The Morgan fingerprint density at radius 1 is 1.18 bits per heavy atom. The van der Waals surface area contributed by atoms with Gasteiger partial charge in [0.1, 0.15) is 5.82 Å². The van der Waals surface area contributed by atoms with Gasteiger partial charge in [0.25, 0.3) is 0 Å². The minimum atomic E-state index is 0.728. The molecule has 0 aliphatic rings. The van der Waals surface area contributed by atoms with Crippen LogP contribution in [0.2, 0.25) is 0 Å². The lowest BCUT2D eigenvalue weighted by Crippen LogP contribution is -2.18. The molecule has 2 rings (SSSR count). The van der Waals surface area contributed by atoms with Crippen molar-refractivity contribution in [2.75, 3.05) is 17.7 Å². The van der Waals surface area contributed by atoms with E-state index in [1.165, 1.54) is 5.56 Å². The number of nitrogens with zero attached hydrogens (tertiary/aromatic N) is 3. The number of aryl methyl sites for hydroxylation is 1. The van der Waals surface area contributed by atoms with E-state index in [4.69, 9.17) is 5.73 Å². The van der Waals surface area contributed by atoms with Crippen LogP contribution >= 0.6 is 0 Å². The van der Waals surface area contributed by atoms with E-state index in [0.717, 1.165) is 23.7 Å². The highest BCUT2D eigenvalue weighted by Crippen LogP contribution is 2.16. The van der Waals surface area contributed by atoms with E-state index in [9.17, 15) is 0 Å². The number of rotatable bonds is 3. The van der Waals surface area contributed by atoms with Gasteiger partial charge in [-0.25, -0.2) is 4.98 Å². The lowest BCUT2D eigenvalue weighted by atomic mass is 10.2. The van der Waals surface area contributed by atoms with Gasteiger partial charge in [-0.1, -0.05) is 0 Å². The number of nitrogens with two attached hydrogens (primary N) is 1. The Labute approximate surface area is 101 Å². The molecule has 0 amide bonds. The van der Waals surface area contributed by atoms with Gasteiger partial charge in [-0.05, 0) is 36.8 Å². The van der Waals surface area contributed by atoms with E-state index < -0.39 is 0 Å². The molecule has 0 aliphatic carbocycles. The van der Waals surface area contributed by atoms with Crippen molar-refractivity contribution < 1.29 is 0 Å². The molecule has 0 aliphatic heterocycles. The first-order valence-electron chi connectivity index (χ1n) is 5.50. The summed E-state index contributed by atoms with van der Waals surface area (Å²) in [4.78, 5) is 10.5. The molecule has 88 valence electrons. The molecule has 0 bridgehead atoms. The number of hydrogen-bond acceptors (Lipinski definition) is 4. The smallest absolute Gasteiger partial charge is 0.128 e. The highest BCUT2D eigenvalue weighted by molar-refractivity contribution is 5.50. The maximum atomic E-state index is 5.75. The fourth-order valence-electron chi connectivity index (χ4n) is 1.61. The van der Waals surface area contributed by atoms with E-state index in [0.29, 0.717) is 0 Å². The fourth-order valence-corrected chi connectivity index (χ4v) is 1.61. The highest BCUT2D eigenvalue weighted by Gasteiger charge is 2.04. The average Bonchev–Trinajstić information content (AvgIpc) is 2.34. The van der Waals surface area contributed by atoms with Crippen molar-refractivity contribution in [3.8, 4) is 0 Å². The quantitative estimate of drug-likeness (QED) is 0.873. The van der Waals surface area contributed by atoms with Crippen LogP contribution in [0.15, 0.2) is 36.7 Å². The van der Waals surface area contributed by atoms with Crippen molar-refractivity contribution in [3.05, 3.63) is 47.9 Å². The van der Waals surface area contributed by atoms with Gasteiger partial charge in [0.05, 0.1) is 11.4 Å². The van der Waals surface area contributed by atoms with Crippen LogP contribution in [0.25, 0.3) is 0 Å². The Bertz CT molecular complexity index is 496. The lowest BCUT2D eigenvalue weighted by Gasteiger charge is -2.18. The van der Waals surface area contributed by atoms with E-state index in [1.807, 2.05) is 38.2 Å². The van der Waals surface area contributed by atoms with Gasteiger partial charge >= 0.3 is 0 Å². The summed E-state index contributed by atoms with van der Waals surface area (Å²) in [5, 5.41) is 0. The predicted octanol–water partition coefficient (Wildman–Crippen LogP) is 2.00. The van der Waals surface area contributed by atoms with E-state index >= 15 is 0 Å². The summed E-state index contributed by atoms with van der Waals surface area (Å²) in [5.74, 6) is 0.925. The minimum absolute atomic E-state index is 0.728. The summed E-state index contributed by atoms with van der Waals surface area (Å²) >= 11 is 0. The Morgan fingerprint density at radius 3 is 2.53 bits per heavy atom. The molecule has 4 nitrogen and oxygen atoms in total. The molecule has 2 aromatic rings. The van der Waals surface area contributed by atoms with E-state index in [1.54, 1.807) is 12.4 Å². The summed E-state index contributed by atoms with van der Waals surface area (Å²) in [6.07, 6.45) is 3.59. The Hall–Kier alpha value is -2.10. The second-order valence-electron chi connectivity index (χ2n) is 4.06. The first-order valence-corrected chi connectivity index (χ1v) is 5.50. The highest BCUT2D eigenvalue weighted by atomic mass is 15.2. The minimum Gasteiger partial charge on any atom is -0.397 e. The van der Waals surface area contributed by atoms with Gasteiger partial charge < -0.3 is 10.6 Å². The van der Waals surface area contributed by atoms with Crippen LogP contribution in [-0.4, -0.2) is 17.0 Å². The molecule has 0 saturated heterocycles. The molecule has 2 N–H and O–H groups in total. The molecule has 0 fully saturated rings. The molecule has 0 saturated carbocycles. The Balaban J connectivity index is 2.14. The molecular weight excluding hydrogens is 212 g/mol. The molecular formula is C13H16N4. The van der Waals surface area contributed by atoms with Crippen LogP contribution in [0.5, 0.6) is 0 Å². The van der Waals surface area contributed by atoms with Crippen molar-refractivity contribution >= 4 is 11.5 Å². The molecule has 0 aromatic carbocycles. The fraction of sp³-hybridized carbons (Fsp3) is 0.231. The van der Waals surface area contributed by atoms with Crippen LogP contribution in [0.1, 0.15) is 11.3 Å². The predicted molar refractivity (Wildman–Crippen MR) is 69.7 cm³/mol. The summed E-state index contributed by atoms with van der Waals surface area (Å²) in [6, 6.07) is 7.82. The van der Waals surface area contributed by atoms with Crippen molar-refractivity contribution in [2.45, 2.75) is 13.5 Å². The molecule has 2 aromatic heterocycles. The third-order valence-corrected chi connectivity index (χ3v) is 2.67. The second-order valence-corrected chi connectivity index (χ2v) is 4.06. The third-order valence-electron chi connectivity index (χ3n) is 2.67. The second kappa shape index (κ2) is 4.82. The largest absolute Gasteiger partial charge is 0.397 e. The van der Waals surface area contributed by atoms with Crippen LogP contribution in [0.4, 0.5) is 11.5 Å². The SMILES string of the molecule is Cc1nc(N(C)Cc2ccncc2)ccc1N. The van der Waals surface area contributed by atoms with Gasteiger partial charge in [0.2, 0.25) is 0 Å². The Morgan fingerprint density at radius 2 is 1.88 bits per heavy atom. The van der Waals surface area contributed by atoms with Crippen LogP contribution < -0.4 is 10.6 Å². The Kier molecular flexibility index (Phi) is 3.23. The molecule has 17 heavy (non-hydrogen) atoms. The van der Waals surface area contributed by atoms with Gasteiger partial charge in [0, 0.05) is 26.0 Å². The molecule has 0 atom stereocenters. The third kappa shape index (κ3) is 2.72. The van der Waals surface area contributed by atoms with Crippen molar-refractivity contribution in [3.63, 3.8) is 0 Å². The zero-order valence-corrected chi connectivity index (χ0v) is 10.1. The van der Waals surface area contributed by atoms with Gasteiger partial charge in [-0.15, -0.1) is 0 Å². The molecule has 0 unspecified atom stereocenters. The standard InChI is InChI=1S/C13H16N4/c1-10-12(14)3-4-13(16-10)17(2)9-11-5-7-15-8-6-11/h3-8H,9,14H2,1-2H3. The number of nitrogen functional groups attached to an aromatic ring is 1. The van der Waals surface area contributed by atoms with Crippen LogP contribution in [-0.2, 0) is 6.54 Å². The number of pyridine rings is 2. The normalized spacial score (nSPS) is 10.2. The topological polar surface area (TPSA) is 55.0 Å². The zero-order chi connectivity index (χ0) is 12.3. The van der Waals surface area contributed by atoms with Crippen molar-refractivity contribution in [2.24, 2.45) is 0 Å². The van der Waals surface area contributed by atoms with E-state index in [-0.39, 0.29) is 0 Å². The molecule has 4 heteroatoms. The average molecular weight is 228 g/mol. The first kappa shape index (κ1) is 11.4.